The number of hydrogen-bond acceptors (Lipinski definition) is 3. The Labute approximate surface area is 86.4 Å². The van der Waals surface area contributed by atoms with Gasteiger partial charge in [-0.1, -0.05) is 0 Å². The summed E-state index contributed by atoms with van der Waals surface area (Å²) in [5.74, 6) is -2.15. The van der Waals surface area contributed by atoms with Crippen LogP contribution < -0.4 is 4.74 Å². The minimum Gasteiger partial charge on any atom is -0.417 e. The molecule has 0 radical (unpaired) electrons. The maximum atomic E-state index is 12.9. The summed E-state index contributed by atoms with van der Waals surface area (Å²) in [6.07, 6.45) is 0. The van der Waals surface area contributed by atoms with Crippen molar-refractivity contribution >= 4 is 17.3 Å². The number of nitro groups is 1. The molecule has 0 aromatic heterocycles. The Balaban J connectivity index is 2.99. The number of non-ortho nitro benzene ring substituents is 1. The minimum atomic E-state index is -4.06. The van der Waals surface area contributed by atoms with Crippen molar-refractivity contribution in [3.63, 3.8) is 0 Å². The van der Waals surface area contributed by atoms with Crippen molar-refractivity contribution in [3.05, 3.63) is 34.1 Å². The van der Waals surface area contributed by atoms with Gasteiger partial charge < -0.3 is 4.74 Å². The van der Waals surface area contributed by atoms with Crippen LogP contribution in [-0.4, -0.2) is 10.5 Å². The van der Waals surface area contributed by atoms with E-state index in [-0.39, 0.29) is 0 Å². The summed E-state index contributed by atoms with van der Waals surface area (Å²) in [5.41, 5.74) is -4.63. The lowest BCUT2D eigenvalue weighted by Gasteiger charge is -2.10. The predicted octanol–water partition coefficient (Wildman–Crippen LogP) is 2.90. The molecule has 0 unspecified atom stereocenters. The zero-order valence-corrected chi connectivity index (χ0v) is 7.67. The van der Waals surface area contributed by atoms with E-state index in [2.05, 4.69) is 16.3 Å². The Bertz CT molecular complexity index is 394. The molecule has 15 heavy (non-hydrogen) atoms. The summed E-state index contributed by atoms with van der Waals surface area (Å²) in [5, 5.41) is 10.2. The Kier molecular flexibility index (Phi) is 3.04. The van der Waals surface area contributed by atoms with Gasteiger partial charge in [-0.25, -0.2) is 4.39 Å². The summed E-state index contributed by atoms with van der Waals surface area (Å²) >= 11 is 4.39. The topological polar surface area (TPSA) is 52.4 Å². The van der Waals surface area contributed by atoms with Crippen LogP contribution in [-0.2, 0) is 0 Å². The normalized spacial score (nSPS) is 11.2. The first-order chi connectivity index (χ1) is 6.79. The smallest absolute Gasteiger partial charge is 0.417 e. The third-order valence-corrected chi connectivity index (χ3v) is 1.43. The molecule has 0 aliphatic rings. The molecule has 0 aliphatic carbocycles. The number of hydrogen-bond donors (Lipinski definition) is 0. The van der Waals surface area contributed by atoms with Gasteiger partial charge in [0.25, 0.3) is 5.69 Å². The Morgan fingerprint density at radius 2 is 2.07 bits per heavy atom. The number of halogens is 4. The third kappa shape index (κ3) is 3.28. The lowest BCUT2D eigenvalue weighted by molar-refractivity contribution is -0.385. The SMILES string of the molecule is O=[N+]([O-])c1ccc(OC(F)(F)Cl)c(F)c1. The van der Waals surface area contributed by atoms with Crippen LogP contribution in [0.2, 0.25) is 0 Å². The van der Waals surface area contributed by atoms with E-state index in [1.165, 1.54) is 0 Å². The molecule has 0 fully saturated rings. The lowest BCUT2D eigenvalue weighted by Crippen LogP contribution is -2.16. The molecule has 0 aliphatic heterocycles. The standard InChI is InChI=1S/C7H3ClF3NO3/c8-7(10,11)15-6-2-1-4(12(13)14)3-5(6)9/h1-3H. The highest BCUT2D eigenvalue weighted by Crippen LogP contribution is 2.29. The highest BCUT2D eigenvalue weighted by atomic mass is 35.5. The fourth-order valence-corrected chi connectivity index (χ4v) is 0.894. The van der Waals surface area contributed by atoms with Crippen LogP contribution in [0.1, 0.15) is 0 Å². The molecule has 0 spiro atoms. The van der Waals surface area contributed by atoms with Gasteiger partial charge in [0, 0.05) is 17.7 Å². The van der Waals surface area contributed by atoms with Gasteiger partial charge in [0.2, 0.25) is 0 Å². The van der Waals surface area contributed by atoms with E-state index in [1.54, 1.807) is 0 Å². The molecular formula is C7H3ClF3NO3. The highest BCUT2D eigenvalue weighted by molar-refractivity contribution is 6.20. The van der Waals surface area contributed by atoms with E-state index in [1.807, 2.05) is 0 Å². The van der Waals surface area contributed by atoms with E-state index >= 15 is 0 Å². The van der Waals surface area contributed by atoms with Gasteiger partial charge in [-0.15, -0.1) is 8.78 Å². The summed E-state index contributed by atoms with van der Waals surface area (Å²) in [6, 6.07) is 1.97. The highest BCUT2D eigenvalue weighted by Gasteiger charge is 2.29. The van der Waals surface area contributed by atoms with E-state index in [0.29, 0.717) is 12.1 Å². The number of ether oxygens (including phenoxy) is 1. The third-order valence-electron chi connectivity index (χ3n) is 1.35. The first-order valence-corrected chi connectivity index (χ1v) is 3.87. The number of nitro benzene ring substituents is 1. The van der Waals surface area contributed by atoms with Crippen LogP contribution in [0.15, 0.2) is 18.2 Å². The molecule has 8 heteroatoms. The van der Waals surface area contributed by atoms with Gasteiger partial charge in [-0.3, -0.25) is 10.1 Å². The second-order valence-corrected chi connectivity index (χ2v) is 2.86. The summed E-state index contributed by atoms with van der Waals surface area (Å²) < 4.78 is 40.8. The summed E-state index contributed by atoms with van der Waals surface area (Å²) in [7, 11) is 0. The van der Waals surface area contributed by atoms with Crippen LogP contribution in [0, 0.1) is 15.9 Å². The largest absolute Gasteiger partial charge is 0.487 e. The fraction of sp³-hybridized carbons (Fsp3) is 0.143. The van der Waals surface area contributed by atoms with E-state index in [4.69, 9.17) is 0 Å². The molecule has 0 saturated carbocycles. The monoisotopic (exact) mass is 241 g/mol. The van der Waals surface area contributed by atoms with Gasteiger partial charge in [-0.2, -0.15) is 0 Å². The van der Waals surface area contributed by atoms with Crippen molar-refractivity contribution in [2.24, 2.45) is 0 Å². The fourth-order valence-electron chi connectivity index (χ4n) is 0.811. The molecule has 1 rings (SSSR count). The number of nitrogens with zero attached hydrogens (tertiary/aromatic N) is 1. The number of alkyl halides is 3. The zero-order chi connectivity index (χ0) is 11.6. The molecular weight excluding hydrogens is 239 g/mol. The van der Waals surface area contributed by atoms with Crippen molar-refractivity contribution in [2.45, 2.75) is 5.57 Å². The maximum Gasteiger partial charge on any atom is 0.487 e. The van der Waals surface area contributed by atoms with Gasteiger partial charge >= 0.3 is 5.57 Å². The van der Waals surface area contributed by atoms with Gasteiger partial charge in [0.1, 0.15) is 0 Å². The van der Waals surface area contributed by atoms with Gasteiger partial charge in [-0.05, 0) is 6.07 Å². The van der Waals surface area contributed by atoms with Crippen molar-refractivity contribution in [1.82, 2.24) is 0 Å². The predicted molar refractivity (Wildman–Crippen MR) is 44.5 cm³/mol. The Morgan fingerprint density at radius 1 is 1.47 bits per heavy atom. The van der Waals surface area contributed by atoms with Crippen LogP contribution in [0.4, 0.5) is 18.9 Å². The molecule has 0 atom stereocenters. The molecule has 0 saturated heterocycles. The first-order valence-electron chi connectivity index (χ1n) is 3.49. The van der Waals surface area contributed by atoms with E-state index < -0.39 is 27.7 Å². The second kappa shape index (κ2) is 3.93. The summed E-state index contributed by atoms with van der Waals surface area (Å²) in [6.45, 7) is 0. The molecule has 1 aromatic rings. The van der Waals surface area contributed by atoms with Crippen LogP contribution >= 0.6 is 11.6 Å². The molecule has 0 N–H and O–H groups in total. The van der Waals surface area contributed by atoms with Crippen molar-refractivity contribution in [3.8, 4) is 5.75 Å². The average Bonchev–Trinajstić information content (AvgIpc) is 2.05. The molecule has 4 nitrogen and oxygen atoms in total. The van der Waals surface area contributed by atoms with E-state index in [0.717, 1.165) is 6.07 Å². The molecule has 1 aromatic carbocycles. The zero-order valence-electron chi connectivity index (χ0n) is 6.92. The number of rotatable bonds is 3. The molecule has 0 heterocycles. The van der Waals surface area contributed by atoms with Crippen LogP contribution in [0.5, 0.6) is 5.75 Å². The quantitative estimate of drug-likeness (QED) is 0.464. The lowest BCUT2D eigenvalue weighted by atomic mass is 10.3. The van der Waals surface area contributed by atoms with Gasteiger partial charge in [0.15, 0.2) is 11.6 Å². The molecule has 0 bridgehead atoms. The second-order valence-electron chi connectivity index (χ2n) is 2.42. The maximum absolute atomic E-state index is 12.9. The van der Waals surface area contributed by atoms with Crippen LogP contribution in [0.3, 0.4) is 0 Å². The first kappa shape index (κ1) is 11.6. The molecule has 0 amide bonds. The van der Waals surface area contributed by atoms with E-state index in [9.17, 15) is 23.3 Å². The van der Waals surface area contributed by atoms with Gasteiger partial charge in [0.05, 0.1) is 11.0 Å². The Hall–Kier alpha value is -1.50. The van der Waals surface area contributed by atoms with Crippen molar-refractivity contribution in [2.75, 3.05) is 0 Å². The van der Waals surface area contributed by atoms with Crippen molar-refractivity contribution < 1.29 is 22.8 Å². The van der Waals surface area contributed by atoms with Crippen molar-refractivity contribution in [1.29, 1.82) is 0 Å². The molecule has 82 valence electrons. The summed E-state index contributed by atoms with van der Waals surface area (Å²) in [4.78, 5) is 9.30. The number of benzene rings is 1. The Morgan fingerprint density at radius 3 is 2.47 bits per heavy atom. The average molecular weight is 242 g/mol. The minimum absolute atomic E-state index is 0.456. The van der Waals surface area contributed by atoms with Crippen LogP contribution in [0.25, 0.3) is 0 Å².